The van der Waals surface area contributed by atoms with Crippen LogP contribution in [0.1, 0.15) is 31.9 Å². The molecule has 1 saturated heterocycles. The molecule has 1 amide bonds. The highest BCUT2D eigenvalue weighted by Gasteiger charge is 2.23. The first kappa shape index (κ1) is 12.8. The van der Waals surface area contributed by atoms with E-state index in [0.717, 1.165) is 30.9 Å². The number of rotatable bonds is 3. The third-order valence-corrected chi connectivity index (χ3v) is 3.17. The van der Waals surface area contributed by atoms with Crippen LogP contribution in [0.15, 0.2) is 18.3 Å². The van der Waals surface area contributed by atoms with Gasteiger partial charge in [-0.15, -0.1) is 0 Å². The summed E-state index contributed by atoms with van der Waals surface area (Å²) < 4.78 is 0. The molecule has 0 bridgehead atoms. The van der Waals surface area contributed by atoms with Gasteiger partial charge in [0.25, 0.3) is 0 Å². The normalized spacial score (nSPS) is 20.8. The Labute approximate surface area is 107 Å². The monoisotopic (exact) mass is 249 g/mol. The van der Waals surface area contributed by atoms with Crippen LogP contribution in [0.3, 0.4) is 0 Å². The van der Waals surface area contributed by atoms with E-state index in [9.17, 15) is 9.90 Å². The van der Waals surface area contributed by atoms with E-state index in [0.29, 0.717) is 0 Å². The number of hydrogen-bond acceptors (Lipinski definition) is 4. The molecule has 1 aromatic heterocycles. The number of nitrogens with zero attached hydrogens (tertiary/aromatic N) is 2. The predicted octanol–water partition coefficient (Wildman–Crippen LogP) is 0.850. The lowest BCUT2D eigenvalue weighted by Gasteiger charge is -2.18. The number of hydrogen-bond donors (Lipinski definition) is 2. The van der Waals surface area contributed by atoms with Crippen molar-refractivity contribution in [1.29, 1.82) is 0 Å². The van der Waals surface area contributed by atoms with Gasteiger partial charge in [-0.2, -0.15) is 0 Å². The van der Waals surface area contributed by atoms with Gasteiger partial charge in [0, 0.05) is 32.3 Å². The number of aliphatic hydroxyl groups is 1. The third kappa shape index (κ3) is 2.98. The topological polar surface area (TPSA) is 65.5 Å². The minimum atomic E-state index is -0.489. The number of aliphatic hydroxyl groups excluding tert-OH is 1. The quantitative estimate of drug-likeness (QED) is 0.833. The van der Waals surface area contributed by atoms with Crippen LogP contribution in [-0.2, 0) is 4.79 Å². The number of anilines is 1. The van der Waals surface area contributed by atoms with Crippen LogP contribution in [0.4, 0.5) is 5.82 Å². The molecule has 1 aliphatic rings. The van der Waals surface area contributed by atoms with Gasteiger partial charge in [-0.25, -0.2) is 4.98 Å². The van der Waals surface area contributed by atoms with Crippen molar-refractivity contribution in [3.8, 4) is 0 Å². The molecule has 18 heavy (non-hydrogen) atoms. The molecule has 0 radical (unpaired) electrons. The first-order valence-corrected chi connectivity index (χ1v) is 6.22. The van der Waals surface area contributed by atoms with Gasteiger partial charge >= 0.3 is 0 Å². The zero-order valence-electron chi connectivity index (χ0n) is 10.8. The molecule has 1 unspecified atom stereocenters. The minimum Gasteiger partial charge on any atom is -0.389 e. The first-order valence-electron chi connectivity index (χ1n) is 6.22. The zero-order valence-corrected chi connectivity index (χ0v) is 10.8. The summed E-state index contributed by atoms with van der Waals surface area (Å²) in [5.74, 6) is 0.909. The molecule has 5 heteroatoms. The summed E-state index contributed by atoms with van der Waals surface area (Å²) in [7, 11) is 0. The van der Waals surface area contributed by atoms with E-state index in [-0.39, 0.29) is 11.9 Å². The first-order chi connectivity index (χ1) is 8.56. The molecule has 2 heterocycles. The fourth-order valence-electron chi connectivity index (χ4n) is 2.21. The summed E-state index contributed by atoms with van der Waals surface area (Å²) >= 11 is 0. The Balaban J connectivity index is 1.98. The Bertz CT molecular complexity index is 417. The van der Waals surface area contributed by atoms with Gasteiger partial charge in [0.1, 0.15) is 5.82 Å². The van der Waals surface area contributed by atoms with Crippen molar-refractivity contribution in [3.05, 3.63) is 23.9 Å². The van der Waals surface area contributed by atoms with Crippen molar-refractivity contribution in [2.75, 3.05) is 18.0 Å². The van der Waals surface area contributed by atoms with Crippen molar-refractivity contribution in [2.24, 2.45) is 0 Å². The highest BCUT2D eigenvalue weighted by molar-refractivity contribution is 5.73. The average Bonchev–Trinajstić information content (AvgIpc) is 2.76. The second-order valence-corrected chi connectivity index (χ2v) is 4.76. The van der Waals surface area contributed by atoms with Gasteiger partial charge in [-0.1, -0.05) is 6.07 Å². The molecule has 1 aromatic rings. The van der Waals surface area contributed by atoms with Gasteiger partial charge < -0.3 is 15.3 Å². The van der Waals surface area contributed by atoms with E-state index in [4.69, 9.17) is 0 Å². The van der Waals surface area contributed by atoms with Crippen molar-refractivity contribution < 1.29 is 9.90 Å². The zero-order chi connectivity index (χ0) is 13.1. The largest absolute Gasteiger partial charge is 0.389 e. The number of aromatic nitrogens is 1. The SMILES string of the molecule is CC(=O)NC1CCN(c2ccc([C@@H](C)O)cn2)C1. The Kier molecular flexibility index (Phi) is 3.81. The molecule has 2 rings (SSSR count). The Hall–Kier alpha value is -1.62. The highest BCUT2D eigenvalue weighted by Crippen LogP contribution is 2.20. The molecule has 0 spiro atoms. The summed E-state index contributed by atoms with van der Waals surface area (Å²) in [5.41, 5.74) is 0.816. The molecule has 0 aliphatic carbocycles. The number of nitrogens with one attached hydrogen (secondary N) is 1. The lowest BCUT2D eigenvalue weighted by Crippen LogP contribution is -2.35. The van der Waals surface area contributed by atoms with E-state index < -0.39 is 6.10 Å². The Morgan fingerprint density at radius 2 is 2.39 bits per heavy atom. The maximum Gasteiger partial charge on any atom is 0.217 e. The lowest BCUT2D eigenvalue weighted by molar-refractivity contribution is -0.119. The van der Waals surface area contributed by atoms with Crippen molar-refractivity contribution in [3.63, 3.8) is 0 Å². The molecular formula is C13H19N3O2. The Morgan fingerprint density at radius 3 is 2.94 bits per heavy atom. The van der Waals surface area contributed by atoms with E-state index in [1.807, 2.05) is 12.1 Å². The maximum atomic E-state index is 11.0. The van der Waals surface area contributed by atoms with Crippen LogP contribution >= 0.6 is 0 Å². The van der Waals surface area contributed by atoms with Gasteiger partial charge in [-0.05, 0) is 25.0 Å². The van der Waals surface area contributed by atoms with Gasteiger partial charge in [0.2, 0.25) is 5.91 Å². The molecule has 2 atom stereocenters. The second kappa shape index (κ2) is 5.35. The number of carbonyl (C=O) groups excluding carboxylic acids is 1. The van der Waals surface area contributed by atoms with E-state index in [1.54, 1.807) is 20.0 Å². The van der Waals surface area contributed by atoms with Crippen molar-refractivity contribution >= 4 is 11.7 Å². The minimum absolute atomic E-state index is 0.0132. The lowest BCUT2D eigenvalue weighted by atomic mass is 10.2. The van der Waals surface area contributed by atoms with E-state index in [2.05, 4.69) is 15.2 Å². The van der Waals surface area contributed by atoms with E-state index >= 15 is 0 Å². The predicted molar refractivity (Wildman–Crippen MR) is 69.3 cm³/mol. The molecule has 0 saturated carbocycles. The highest BCUT2D eigenvalue weighted by atomic mass is 16.3. The van der Waals surface area contributed by atoms with Gasteiger partial charge in [0.05, 0.1) is 6.10 Å². The van der Waals surface area contributed by atoms with Crippen LogP contribution in [0, 0.1) is 0 Å². The molecule has 1 aliphatic heterocycles. The summed E-state index contributed by atoms with van der Waals surface area (Å²) in [4.78, 5) is 17.5. The van der Waals surface area contributed by atoms with Crippen molar-refractivity contribution in [1.82, 2.24) is 10.3 Å². The summed E-state index contributed by atoms with van der Waals surface area (Å²) in [6.07, 6.45) is 2.16. The molecule has 98 valence electrons. The van der Waals surface area contributed by atoms with Gasteiger partial charge in [-0.3, -0.25) is 4.79 Å². The van der Waals surface area contributed by atoms with Crippen LogP contribution in [0.2, 0.25) is 0 Å². The van der Waals surface area contributed by atoms with E-state index in [1.165, 1.54) is 0 Å². The molecule has 2 N–H and O–H groups in total. The molecule has 0 aromatic carbocycles. The number of carbonyl (C=O) groups is 1. The summed E-state index contributed by atoms with van der Waals surface area (Å²) in [6.45, 7) is 4.95. The fraction of sp³-hybridized carbons (Fsp3) is 0.538. The molecule has 5 nitrogen and oxygen atoms in total. The Morgan fingerprint density at radius 1 is 1.61 bits per heavy atom. The van der Waals surface area contributed by atoms with Crippen molar-refractivity contribution in [2.45, 2.75) is 32.4 Å². The van der Waals surface area contributed by atoms with Crippen LogP contribution in [0.5, 0.6) is 0 Å². The summed E-state index contributed by atoms with van der Waals surface area (Å²) in [6, 6.07) is 4.01. The van der Waals surface area contributed by atoms with Crippen LogP contribution < -0.4 is 10.2 Å². The van der Waals surface area contributed by atoms with Gasteiger partial charge in [0.15, 0.2) is 0 Å². The maximum absolute atomic E-state index is 11.0. The third-order valence-electron chi connectivity index (χ3n) is 3.17. The van der Waals surface area contributed by atoms with Crippen LogP contribution in [-0.4, -0.2) is 35.1 Å². The molecular weight excluding hydrogens is 230 g/mol. The number of amides is 1. The smallest absolute Gasteiger partial charge is 0.217 e. The second-order valence-electron chi connectivity index (χ2n) is 4.76. The number of pyridine rings is 1. The standard InChI is InChI=1S/C13H19N3O2/c1-9(17)11-3-4-13(14-7-11)16-6-5-12(8-16)15-10(2)18/h3-4,7,9,12,17H,5-6,8H2,1-2H3,(H,15,18)/t9-,12?/m1/s1. The summed E-state index contributed by atoms with van der Waals surface area (Å²) in [5, 5.41) is 12.3. The average molecular weight is 249 g/mol. The fourth-order valence-corrected chi connectivity index (χ4v) is 2.21. The molecule has 1 fully saturated rings. The van der Waals surface area contributed by atoms with Crippen LogP contribution in [0.25, 0.3) is 0 Å².